The molecule has 3 rings (SSSR count). The van der Waals surface area contributed by atoms with Gasteiger partial charge in [-0.2, -0.15) is 0 Å². The molecule has 1 aromatic carbocycles. The molecule has 6 nitrogen and oxygen atoms in total. The van der Waals surface area contributed by atoms with E-state index >= 15 is 0 Å². The standard InChI is InChI=1S/C18H18FN3O3/c19-13-3-5-14(6-4-13)20-18(24)21-15-9-10-22(12-15)17(23)8-7-16-2-1-11-25-16/h1-8,11,15H,9-10,12H2,(H2,20,21,24)/b8-7+/t15-/m1/s1. The van der Waals surface area contributed by atoms with E-state index in [-0.39, 0.29) is 23.8 Å². The molecule has 0 bridgehead atoms. The van der Waals surface area contributed by atoms with Crippen LogP contribution in [0.2, 0.25) is 0 Å². The number of halogens is 1. The van der Waals surface area contributed by atoms with Crippen molar-refractivity contribution in [1.29, 1.82) is 0 Å². The smallest absolute Gasteiger partial charge is 0.319 e. The Bertz CT molecular complexity index is 756. The first-order valence-electron chi connectivity index (χ1n) is 7.94. The van der Waals surface area contributed by atoms with Gasteiger partial charge in [-0.25, -0.2) is 9.18 Å². The number of hydrogen-bond donors (Lipinski definition) is 2. The van der Waals surface area contributed by atoms with Crippen LogP contribution < -0.4 is 10.6 Å². The quantitative estimate of drug-likeness (QED) is 0.838. The molecule has 0 aliphatic carbocycles. The third kappa shape index (κ3) is 4.69. The molecule has 2 aromatic rings. The molecule has 1 aliphatic rings. The molecule has 1 atom stereocenters. The van der Waals surface area contributed by atoms with Crippen molar-refractivity contribution in [3.8, 4) is 0 Å². The number of likely N-dealkylation sites (tertiary alicyclic amines) is 1. The lowest BCUT2D eigenvalue weighted by Gasteiger charge is -2.16. The summed E-state index contributed by atoms with van der Waals surface area (Å²) in [6, 6.07) is 8.53. The van der Waals surface area contributed by atoms with Crippen LogP contribution in [0, 0.1) is 5.82 Å². The number of rotatable bonds is 4. The molecule has 130 valence electrons. The first kappa shape index (κ1) is 16.8. The van der Waals surface area contributed by atoms with Gasteiger partial charge in [0.1, 0.15) is 11.6 Å². The average Bonchev–Trinajstić information content (AvgIpc) is 3.26. The maximum absolute atomic E-state index is 12.8. The lowest BCUT2D eigenvalue weighted by Crippen LogP contribution is -2.40. The van der Waals surface area contributed by atoms with Crippen LogP contribution in [0.1, 0.15) is 12.2 Å². The summed E-state index contributed by atoms with van der Waals surface area (Å²) < 4.78 is 18.0. The molecule has 1 fully saturated rings. The number of nitrogens with zero attached hydrogens (tertiary/aromatic N) is 1. The van der Waals surface area contributed by atoms with Crippen LogP contribution in [0.5, 0.6) is 0 Å². The molecule has 1 aliphatic heterocycles. The van der Waals surface area contributed by atoms with Crippen molar-refractivity contribution in [2.75, 3.05) is 18.4 Å². The van der Waals surface area contributed by atoms with E-state index in [1.807, 2.05) is 0 Å². The molecule has 1 saturated heterocycles. The fourth-order valence-corrected chi connectivity index (χ4v) is 2.61. The highest BCUT2D eigenvalue weighted by Crippen LogP contribution is 2.12. The number of hydrogen-bond acceptors (Lipinski definition) is 3. The third-order valence-corrected chi connectivity index (χ3v) is 3.87. The normalized spacial score (nSPS) is 17.0. The first-order chi connectivity index (χ1) is 12.1. The van der Waals surface area contributed by atoms with Gasteiger partial charge in [-0.05, 0) is 48.9 Å². The van der Waals surface area contributed by atoms with Gasteiger partial charge in [0.15, 0.2) is 0 Å². The van der Waals surface area contributed by atoms with Crippen molar-refractivity contribution < 1.29 is 18.4 Å². The van der Waals surface area contributed by atoms with E-state index in [9.17, 15) is 14.0 Å². The van der Waals surface area contributed by atoms with Crippen LogP contribution in [-0.4, -0.2) is 36.0 Å². The molecule has 0 unspecified atom stereocenters. The van der Waals surface area contributed by atoms with Crippen molar-refractivity contribution in [1.82, 2.24) is 10.2 Å². The van der Waals surface area contributed by atoms with E-state index in [0.717, 1.165) is 0 Å². The summed E-state index contributed by atoms with van der Waals surface area (Å²) >= 11 is 0. The molecule has 7 heteroatoms. The number of carbonyl (C=O) groups excluding carboxylic acids is 2. The predicted molar refractivity (Wildman–Crippen MR) is 91.3 cm³/mol. The van der Waals surface area contributed by atoms with E-state index in [0.29, 0.717) is 31.0 Å². The first-order valence-corrected chi connectivity index (χ1v) is 7.94. The van der Waals surface area contributed by atoms with E-state index in [4.69, 9.17) is 4.42 Å². The van der Waals surface area contributed by atoms with Crippen molar-refractivity contribution in [3.63, 3.8) is 0 Å². The van der Waals surface area contributed by atoms with E-state index in [2.05, 4.69) is 10.6 Å². The second-order valence-electron chi connectivity index (χ2n) is 5.72. The molecule has 25 heavy (non-hydrogen) atoms. The second kappa shape index (κ2) is 7.65. The van der Waals surface area contributed by atoms with Crippen molar-refractivity contribution >= 4 is 23.7 Å². The number of urea groups is 1. The average molecular weight is 343 g/mol. The van der Waals surface area contributed by atoms with Gasteiger partial charge < -0.3 is 20.0 Å². The minimum absolute atomic E-state index is 0.124. The molecule has 2 heterocycles. The van der Waals surface area contributed by atoms with E-state index < -0.39 is 0 Å². The summed E-state index contributed by atoms with van der Waals surface area (Å²) in [5.41, 5.74) is 0.506. The summed E-state index contributed by atoms with van der Waals surface area (Å²) in [6.45, 7) is 1.01. The summed E-state index contributed by atoms with van der Waals surface area (Å²) in [7, 11) is 0. The van der Waals surface area contributed by atoms with Gasteiger partial charge in [0.2, 0.25) is 5.91 Å². The van der Waals surface area contributed by atoms with Gasteiger partial charge in [-0.15, -0.1) is 0 Å². The number of benzene rings is 1. The summed E-state index contributed by atoms with van der Waals surface area (Å²) in [5.74, 6) is 0.124. The largest absolute Gasteiger partial charge is 0.465 e. The minimum atomic E-state index is -0.378. The summed E-state index contributed by atoms with van der Waals surface area (Å²) in [5, 5.41) is 5.45. The van der Waals surface area contributed by atoms with Crippen LogP contribution in [0.25, 0.3) is 6.08 Å². The summed E-state index contributed by atoms with van der Waals surface area (Å²) in [4.78, 5) is 25.8. The Labute approximate surface area is 144 Å². The highest BCUT2D eigenvalue weighted by Gasteiger charge is 2.26. The topological polar surface area (TPSA) is 74.6 Å². The zero-order valence-corrected chi connectivity index (χ0v) is 13.4. The van der Waals surface area contributed by atoms with Crippen LogP contribution in [0.15, 0.2) is 53.2 Å². The molecule has 3 amide bonds. The van der Waals surface area contributed by atoms with Crippen LogP contribution in [-0.2, 0) is 4.79 Å². The summed E-state index contributed by atoms with van der Waals surface area (Å²) in [6.07, 6.45) is 5.29. The Morgan fingerprint density at radius 1 is 1.24 bits per heavy atom. The van der Waals surface area contributed by atoms with E-state index in [1.165, 1.54) is 30.3 Å². The molecule has 0 radical (unpaired) electrons. The molecule has 0 saturated carbocycles. The maximum Gasteiger partial charge on any atom is 0.319 e. The Hall–Kier alpha value is -3.09. The zero-order valence-electron chi connectivity index (χ0n) is 13.4. The number of furan rings is 1. The monoisotopic (exact) mass is 343 g/mol. The Morgan fingerprint density at radius 2 is 2.04 bits per heavy atom. The number of nitrogens with one attached hydrogen (secondary N) is 2. The lowest BCUT2D eigenvalue weighted by atomic mass is 10.3. The number of amides is 3. The number of carbonyl (C=O) groups is 2. The van der Waals surface area contributed by atoms with Crippen LogP contribution in [0.4, 0.5) is 14.9 Å². The zero-order chi connectivity index (χ0) is 17.6. The highest BCUT2D eigenvalue weighted by atomic mass is 19.1. The maximum atomic E-state index is 12.8. The highest BCUT2D eigenvalue weighted by molar-refractivity contribution is 5.92. The molecular weight excluding hydrogens is 325 g/mol. The van der Waals surface area contributed by atoms with Gasteiger partial charge in [0, 0.05) is 30.9 Å². The van der Waals surface area contributed by atoms with Gasteiger partial charge >= 0.3 is 6.03 Å². The Morgan fingerprint density at radius 3 is 2.76 bits per heavy atom. The van der Waals surface area contributed by atoms with Crippen molar-refractivity contribution in [2.24, 2.45) is 0 Å². The predicted octanol–water partition coefficient (Wildman–Crippen LogP) is 2.85. The van der Waals surface area contributed by atoms with Crippen molar-refractivity contribution in [3.05, 3.63) is 60.3 Å². The van der Waals surface area contributed by atoms with Gasteiger partial charge in [-0.3, -0.25) is 4.79 Å². The molecule has 2 N–H and O–H groups in total. The van der Waals surface area contributed by atoms with Crippen LogP contribution in [0.3, 0.4) is 0 Å². The molecule has 0 spiro atoms. The lowest BCUT2D eigenvalue weighted by molar-refractivity contribution is -0.125. The SMILES string of the molecule is O=C(Nc1ccc(F)cc1)N[C@@H]1CCN(C(=O)/C=C/c2ccco2)C1. The van der Waals surface area contributed by atoms with E-state index in [1.54, 1.807) is 29.4 Å². The Kier molecular flexibility index (Phi) is 5.13. The van der Waals surface area contributed by atoms with Gasteiger partial charge in [0.05, 0.1) is 6.26 Å². The van der Waals surface area contributed by atoms with Gasteiger partial charge in [-0.1, -0.05) is 0 Å². The minimum Gasteiger partial charge on any atom is -0.465 e. The fourth-order valence-electron chi connectivity index (χ4n) is 2.61. The van der Waals surface area contributed by atoms with Crippen LogP contribution >= 0.6 is 0 Å². The molecular formula is C18H18FN3O3. The van der Waals surface area contributed by atoms with Crippen molar-refractivity contribution in [2.45, 2.75) is 12.5 Å². The Balaban J connectivity index is 1.46. The van der Waals surface area contributed by atoms with Gasteiger partial charge in [0.25, 0.3) is 0 Å². The third-order valence-electron chi connectivity index (χ3n) is 3.87. The molecule has 1 aromatic heterocycles. The number of anilines is 1. The second-order valence-corrected chi connectivity index (χ2v) is 5.72. The fraction of sp³-hybridized carbons (Fsp3) is 0.222.